The molecule has 1 aromatic rings. The van der Waals surface area contributed by atoms with Crippen molar-refractivity contribution in [3.05, 3.63) is 29.8 Å². The highest BCUT2D eigenvalue weighted by atomic mass is 16.5. The summed E-state index contributed by atoms with van der Waals surface area (Å²) in [4.78, 5) is 36.7. The number of hydrogen-bond donors (Lipinski definition) is 1. The number of hydrogen-bond acceptors (Lipinski definition) is 5. The van der Waals surface area contributed by atoms with Gasteiger partial charge >= 0.3 is 5.97 Å². The third kappa shape index (κ3) is 4.29. The van der Waals surface area contributed by atoms with Crippen molar-refractivity contribution in [2.75, 3.05) is 38.7 Å². The quantitative estimate of drug-likeness (QED) is 0.652. The summed E-state index contributed by atoms with van der Waals surface area (Å²) in [7, 11) is 1.30. The summed E-state index contributed by atoms with van der Waals surface area (Å²) in [5.41, 5.74) is 0.914. The second kappa shape index (κ2) is 7.56. The van der Waals surface area contributed by atoms with Gasteiger partial charge in [-0.3, -0.25) is 9.59 Å². The van der Waals surface area contributed by atoms with Crippen LogP contribution >= 0.6 is 0 Å². The van der Waals surface area contributed by atoms with Crippen LogP contribution in [0.25, 0.3) is 0 Å². The van der Waals surface area contributed by atoms with E-state index < -0.39 is 5.97 Å². The fourth-order valence-electron chi connectivity index (χ4n) is 2.07. The second-order valence-electron chi connectivity index (χ2n) is 4.79. The molecule has 1 aliphatic heterocycles. The molecule has 1 heterocycles. The van der Waals surface area contributed by atoms with Crippen molar-refractivity contribution < 1.29 is 23.9 Å². The minimum absolute atomic E-state index is 0.210. The summed E-state index contributed by atoms with van der Waals surface area (Å²) >= 11 is 0. The Balaban J connectivity index is 1.86. The van der Waals surface area contributed by atoms with Crippen molar-refractivity contribution >= 4 is 23.5 Å². The van der Waals surface area contributed by atoms with Gasteiger partial charge in [-0.25, -0.2) is 4.79 Å². The number of amides is 2. The largest absolute Gasteiger partial charge is 0.465 e. The van der Waals surface area contributed by atoms with Crippen molar-refractivity contribution in [2.45, 2.75) is 6.42 Å². The first-order valence-electron chi connectivity index (χ1n) is 6.94. The standard InChI is InChI=1S/C15H18N2O5/c1-21-15(20)11-2-4-12(5-3-11)16-13(18)10-14(19)17-6-8-22-9-7-17/h2-5H,6-10H2,1H3,(H,16,18). The highest BCUT2D eigenvalue weighted by Gasteiger charge is 2.19. The van der Waals surface area contributed by atoms with Crippen LogP contribution in [0.3, 0.4) is 0 Å². The van der Waals surface area contributed by atoms with Gasteiger partial charge in [0.05, 0.1) is 25.9 Å². The average molecular weight is 306 g/mol. The van der Waals surface area contributed by atoms with Gasteiger partial charge < -0.3 is 19.7 Å². The van der Waals surface area contributed by atoms with Crippen LogP contribution < -0.4 is 5.32 Å². The smallest absolute Gasteiger partial charge is 0.337 e. The van der Waals surface area contributed by atoms with Crippen LogP contribution in [0.5, 0.6) is 0 Å². The van der Waals surface area contributed by atoms with Crippen molar-refractivity contribution in [3.63, 3.8) is 0 Å². The fraction of sp³-hybridized carbons (Fsp3) is 0.400. The minimum Gasteiger partial charge on any atom is -0.465 e. The van der Waals surface area contributed by atoms with E-state index in [4.69, 9.17) is 4.74 Å². The highest BCUT2D eigenvalue weighted by molar-refractivity contribution is 6.03. The number of carbonyl (C=O) groups is 3. The third-order valence-corrected chi connectivity index (χ3v) is 3.27. The number of benzene rings is 1. The Morgan fingerprint density at radius 2 is 1.82 bits per heavy atom. The first-order valence-corrected chi connectivity index (χ1v) is 6.94. The van der Waals surface area contributed by atoms with E-state index >= 15 is 0 Å². The molecular formula is C15H18N2O5. The molecule has 1 saturated heterocycles. The molecule has 0 radical (unpaired) electrons. The number of esters is 1. The van der Waals surface area contributed by atoms with Gasteiger partial charge in [0.25, 0.3) is 0 Å². The molecule has 7 nitrogen and oxygen atoms in total. The molecule has 0 aliphatic carbocycles. The molecular weight excluding hydrogens is 288 g/mol. The maximum absolute atomic E-state index is 11.9. The zero-order valence-corrected chi connectivity index (χ0v) is 12.3. The lowest BCUT2D eigenvalue weighted by Gasteiger charge is -2.26. The molecule has 118 valence electrons. The lowest BCUT2D eigenvalue weighted by atomic mass is 10.2. The zero-order chi connectivity index (χ0) is 15.9. The Bertz CT molecular complexity index is 550. The van der Waals surface area contributed by atoms with Crippen LogP contribution in [0.4, 0.5) is 5.69 Å². The van der Waals surface area contributed by atoms with Gasteiger partial charge in [-0.05, 0) is 24.3 Å². The second-order valence-corrected chi connectivity index (χ2v) is 4.79. The van der Waals surface area contributed by atoms with Crippen molar-refractivity contribution in [3.8, 4) is 0 Å². The minimum atomic E-state index is -0.444. The molecule has 1 aromatic carbocycles. The summed E-state index contributed by atoms with van der Waals surface area (Å²) in [6.45, 7) is 2.03. The first-order chi connectivity index (χ1) is 10.6. The Morgan fingerprint density at radius 3 is 2.41 bits per heavy atom. The number of rotatable bonds is 4. The van der Waals surface area contributed by atoms with Gasteiger partial charge in [-0.1, -0.05) is 0 Å². The first kappa shape index (κ1) is 16.0. The molecule has 1 fully saturated rings. The molecule has 7 heteroatoms. The lowest BCUT2D eigenvalue weighted by molar-refractivity contribution is -0.138. The Morgan fingerprint density at radius 1 is 1.18 bits per heavy atom. The molecule has 0 aromatic heterocycles. The average Bonchev–Trinajstić information content (AvgIpc) is 2.55. The zero-order valence-electron chi connectivity index (χ0n) is 12.3. The SMILES string of the molecule is COC(=O)c1ccc(NC(=O)CC(=O)N2CCOCC2)cc1. The molecule has 2 rings (SSSR count). The van der Waals surface area contributed by atoms with E-state index in [9.17, 15) is 14.4 Å². The van der Waals surface area contributed by atoms with Crippen LogP contribution in [-0.4, -0.2) is 56.1 Å². The van der Waals surface area contributed by atoms with E-state index in [0.29, 0.717) is 37.6 Å². The summed E-state index contributed by atoms with van der Waals surface area (Å²) < 4.78 is 9.75. The van der Waals surface area contributed by atoms with Crippen molar-refractivity contribution in [2.24, 2.45) is 0 Å². The Labute approximate surface area is 128 Å². The maximum Gasteiger partial charge on any atom is 0.337 e. The summed E-state index contributed by atoms with van der Waals surface area (Å²) in [5.74, 6) is -1.05. The van der Waals surface area contributed by atoms with Gasteiger partial charge in [0.2, 0.25) is 11.8 Å². The molecule has 1 N–H and O–H groups in total. The van der Waals surface area contributed by atoms with Crippen molar-refractivity contribution in [1.82, 2.24) is 4.90 Å². The molecule has 0 unspecified atom stereocenters. The van der Waals surface area contributed by atoms with Crippen LogP contribution in [0.2, 0.25) is 0 Å². The van der Waals surface area contributed by atoms with Crippen LogP contribution in [0.1, 0.15) is 16.8 Å². The van der Waals surface area contributed by atoms with Gasteiger partial charge in [-0.2, -0.15) is 0 Å². The van der Waals surface area contributed by atoms with Crippen LogP contribution in [0.15, 0.2) is 24.3 Å². The van der Waals surface area contributed by atoms with Crippen LogP contribution in [-0.2, 0) is 19.1 Å². The Kier molecular flexibility index (Phi) is 5.48. The van der Waals surface area contributed by atoms with E-state index in [-0.39, 0.29) is 18.2 Å². The number of carbonyl (C=O) groups excluding carboxylic acids is 3. The molecule has 1 aliphatic rings. The van der Waals surface area contributed by atoms with Gasteiger partial charge in [0.15, 0.2) is 0 Å². The third-order valence-electron chi connectivity index (χ3n) is 3.27. The predicted molar refractivity (Wildman–Crippen MR) is 78.4 cm³/mol. The number of morpholine rings is 1. The normalized spacial score (nSPS) is 14.3. The van der Waals surface area contributed by atoms with E-state index in [1.807, 2.05) is 0 Å². The lowest BCUT2D eigenvalue weighted by Crippen LogP contribution is -2.41. The van der Waals surface area contributed by atoms with Crippen molar-refractivity contribution in [1.29, 1.82) is 0 Å². The molecule has 22 heavy (non-hydrogen) atoms. The summed E-state index contributed by atoms with van der Waals surface area (Å²) in [6.07, 6.45) is -0.210. The van der Waals surface area contributed by atoms with E-state index in [1.165, 1.54) is 7.11 Å². The van der Waals surface area contributed by atoms with E-state index in [0.717, 1.165) is 0 Å². The monoisotopic (exact) mass is 306 g/mol. The maximum atomic E-state index is 11.9. The molecule has 2 amide bonds. The van der Waals surface area contributed by atoms with Crippen LogP contribution in [0, 0.1) is 0 Å². The summed E-state index contributed by atoms with van der Waals surface area (Å²) in [6, 6.07) is 6.27. The summed E-state index contributed by atoms with van der Waals surface area (Å²) in [5, 5.41) is 2.63. The van der Waals surface area contributed by atoms with Gasteiger partial charge in [0, 0.05) is 18.8 Å². The van der Waals surface area contributed by atoms with Gasteiger partial charge in [-0.15, -0.1) is 0 Å². The molecule has 0 saturated carbocycles. The number of nitrogens with zero attached hydrogens (tertiary/aromatic N) is 1. The van der Waals surface area contributed by atoms with E-state index in [2.05, 4.69) is 10.1 Å². The van der Waals surface area contributed by atoms with Gasteiger partial charge in [0.1, 0.15) is 6.42 Å². The molecule has 0 spiro atoms. The number of methoxy groups -OCH3 is 1. The number of anilines is 1. The van der Waals surface area contributed by atoms with E-state index in [1.54, 1.807) is 29.2 Å². The Hall–Kier alpha value is -2.41. The molecule has 0 atom stereocenters. The number of nitrogens with one attached hydrogen (secondary N) is 1. The topological polar surface area (TPSA) is 84.9 Å². The number of ether oxygens (including phenoxy) is 2. The highest BCUT2D eigenvalue weighted by Crippen LogP contribution is 2.11. The predicted octanol–water partition coefficient (Wildman–Crippen LogP) is 0.661. The molecule has 0 bridgehead atoms. The fourth-order valence-corrected chi connectivity index (χ4v) is 2.07.